The van der Waals surface area contributed by atoms with Gasteiger partial charge in [-0.25, -0.2) is 0 Å². The highest BCUT2D eigenvalue weighted by atomic mass is 16.4. The molecule has 2 N–H and O–H groups in total. The van der Waals surface area contributed by atoms with Crippen LogP contribution in [-0.4, -0.2) is 22.8 Å². The number of carboxylic acid groups (broad SMARTS) is 1. The van der Waals surface area contributed by atoms with Crippen LogP contribution in [0.2, 0.25) is 0 Å². The highest BCUT2D eigenvalue weighted by Gasteiger charge is 2.53. The number of rotatable bonds is 6. The molecule has 0 aromatic rings. The summed E-state index contributed by atoms with van der Waals surface area (Å²) < 4.78 is 0. The Balaban J connectivity index is 2.14. The third-order valence-electron chi connectivity index (χ3n) is 6.72. The first-order chi connectivity index (χ1) is 10.3. The fourth-order valence-corrected chi connectivity index (χ4v) is 5.01. The minimum Gasteiger partial charge on any atom is -0.481 e. The molecule has 2 aliphatic carbocycles. The van der Waals surface area contributed by atoms with E-state index < -0.39 is 5.97 Å². The predicted molar refractivity (Wildman–Crippen MR) is 88.5 cm³/mol. The number of aliphatic hydroxyl groups is 1. The first kappa shape index (κ1) is 17.5. The molecule has 22 heavy (non-hydrogen) atoms. The molecular weight excluding hydrogens is 276 g/mol. The Hall–Kier alpha value is -0.830. The van der Waals surface area contributed by atoms with Crippen LogP contribution in [0.4, 0.5) is 0 Å². The van der Waals surface area contributed by atoms with Crippen molar-refractivity contribution < 1.29 is 15.0 Å². The smallest absolute Gasteiger partial charge is 0.303 e. The molecule has 126 valence electrons. The Morgan fingerprint density at radius 3 is 2.77 bits per heavy atom. The van der Waals surface area contributed by atoms with Gasteiger partial charge in [0.15, 0.2) is 0 Å². The van der Waals surface area contributed by atoms with Crippen LogP contribution in [0.15, 0.2) is 12.2 Å². The van der Waals surface area contributed by atoms with Gasteiger partial charge in [0.2, 0.25) is 0 Å². The number of hydrogen-bond acceptors (Lipinski definition) is 2. The Labute approximate surface area is 134 Å². The van der Waals surface area contributed by atoms with E-state index in [9.17, 15) is 9.90 Å². The van der Waals surface area contributed by atoms with Crippen LogP contribution in [0.3, 0.4) is 0 Å². The highest BCUT2D eigenvalue weighted by molar-refractivity contribution is 5.66. The van der Waals surface area contributed by atoms with Crippen molar-refractivity contribution in [3.05, 3.63) is 12.2 Å². The van der Waals surface area contributed by atoms with Crippen molar-refractivity contribution in [3.63, 3.8) is 0 Å². The number of hydrogen-bond donors (Lipinski definition) is 2. The van der Waals surface area contributed by atoms with E-state index in [0.717, 1.165) is 38.5 Å². The fourth-order valence-electron chi connectivity index (χ4n) is 5.01. The van der Waals surface area contributed by atoms with E-state index in [-0.39, 0.29) is 29.8 Å². The van der Waals surface area contributed by atoms with Crippen LogP contribution in [-0.2, 0) is 4.79 Å². The molecule has 0 heterocycles. The second kappa shape index (κ2) is 6.74. The molecule has 0 bridgehead atoms. The summed E-state index contributed by atoms with van der Waals surface area (Å²) in [5, 5.41) is 19.0. The topological polar surface area (TPSA) is 57.5 Å². The standard InChI is InChI=1S/C19H32O3/c1-14(12-17(21)22)7-10-18(3)15(2)8-11-19(13-20)9-5-4-6-16(18)19/h5,9,14-16,20H,4,6-8,10-13H2,1-3H3,(H,21,22). The van der Waals surface area contributed by atoms with Gasteiger partial charge in [-0.2, -0.15) is 0 Å². The second-order valence-corrected chi connectivity index (χ2v) is 8.11. The number of carbonyl (C=O) groups is 1. The molecule has 0 amide bonds. The maximum Gasteiger partial charge on any atom is 0.303 e. The Kier molecular flexibility index (Phi) is 5.37. The van der Waals surface area contributed by atoms with E-state index in [1.54, 1.807) is 0 Å². The third-order valence-corrected chi connectivity index (χ3v) is 6.72. The Morgan fingerprint density at radius 2 is 2.14 bits per heavy atom. The first-order valence-corrected chi connectivity index (χ1v) is 8.84. The summed E-state index contributed by atoms with van der Waals surface area (Å²) in [5.74, 6) is 0.697. The lowest BCUT2D eigenvalue weighted by Crippen LogP contribution is -2.51. The molecule has 2 aliphatic rings. The van der Waals surface area contributed by atoms with E-state index in [2.05, 4.69) is 26.0 Å². The average molecular weight is 308 g/mol. The van der Waals surface area contributed by atoms with Gasteiger partial charge in [-0.15, -0.1) is 0 Å². The van der Waals surface area contributed by atoms with Gasteiger partial charge in [0.1, 0.15) is 0 Å². The van der Waals surface area contributed by atoms with Crippen molar-refractivity contribution in [1.29, 1.82) is 0 Å². The zero-order valence-electron chi connectivity index (χ0n) is 14.3. The van der Waals surface area contributed by atoms with Gasteiger partial charge in [0.05, 0.1) is 6.61 Å². The van der Waals surface area contributed by atoms with E-state index in [4.69, 9.17) is 5.11 Å². The zero-order valence-corrected chi connectivity index (χ0v) is 14.3. The SMILES string of the molecule is CC(CCC1(C)C(C)CCC2(CO)C=CCCC21)CC(=O)O. The Morgan fingerprint density at radius 1 is 1.41 bits per heavy atom. The van der Waals surface area contributed by atoms with Crippen molar-refractivity contribution in [2.24, 2.45) is 28.6 Å². The van der Waals surface area contributed by atoms with Crippen LogP contribution in [0, 0.1) is 28.6 Å². The number of aliphatic carboxylic acids is 1. The third kappa shape index (κ3) is 3.24. The van der Waals surface area contributed by atoms with Crippen LogP contribution < -0.4 is 0 Å². The van der Waals surface area contributed by atoms with Crippen molar-refractivity contribution in [2.75, 3.05) is 6.61 Å². The van der Waals surface area contributed by atoms with Crippen molar-refractivity contribution in [3.8, 4) is 0 Å². The maximum absolute atomic E-state index is 10.9. The minimum absolute atomic E-state index is 0.0322. The molecule has 0 aliphatic heterocycles. The highest BCUT2D eigenvalue weighted by Crippen LogP contribution is 2.59. The molecule has 3 nitrogen and oxygen atoms in total. The molecule has 3 heteroatoms. The quantitative estimate of drug-likeness (QED) is 0.721. The number of fused-ring (bicyclic) bond motifs is 1. The molecule has 5 unspecified atom stereocenters. The van der Waals surface area contributed by atoms with E-state index >= 15 is 0 Å². The fraction of sp³-hybridized carbons (Fsp3) is 0.842. The Bertz CT molecular complexity index is 430. The normalized spacial score (nSPS) is 39.3. The van der Waals surface area contributed by atoms with Gasteiger partial charge in [-0.05, 0) is 61.7 Å². The molecule has 0 radical (unpaired) electrons. The molecular formula is C19H32O3. The molecule has 0 aromatic heterocycles. The van der Waals surface area contributed by atoms with Crippen molar-refractivity contribution in [1.82, 2.24) is 0 Å². The van der Waals surface area contributed by atoms with E-state index in [0.29, 0.717) is 11.8 Å². The summed E-state index contributed by atoms with van der Waals surface area (Å²) >= 11 is 0. The van der Waals surface area contributed by atoms with Crippen molar-refractivity contribution in [2.45, 2.75) is 65.7 Å². The second-order valence-electron chi connectivity index (χ2n) is 8.11. The molecule has 5 atom stereocenters. The van der Waals surface area contributed by atoms with Crippen LogP contribution >= 0.6 is 0 Å². The lowest BCUT2D eigenvalue weighted by molar-refractivity contribution is -0.138. The summed E-state index contributed by atoms with van der Waals surface area (Å²) in [4.78, 5) is 10.9. The monoisotopic (exact) mass is 308 g/mol. The maximum atomic E-state index is 10.9. The molecule has 0 aromatic carbocycles. The van der Waals surface area contributed by atoms with Gasteiger partial charge < -0.3 is 10.2 Å². The molecule has 2 rings (SSSR count). The minimum atomic E-state index is -0.695. The summed E-state index contributed by atoms with van der Waals surface area (Å²) in [6.45, 7) is 7.03. The summed E-state index contributed by atoms with van der Waals surface area (Å²) in [6, 6.07) is 0. The number of aliphatic hydroxyl groups excluding tert-OH is 1. The first-order valence-electron chi connectivity index (χ1n) is 8.84. The lowest BCUT2D eigenvalue weighted by atomic mass is 9.48. The predicted octanol–water partition coefficient (Wildman–Crippen LogP) is 4.26. The van der Waals surface area contributed by atoms with Gasteiger partial charge in [0, 0.05) is 11.8 Å². The average Bonchev–Trinajstić information content (AvgIpc) is 2.49. The lowest BCUT2D eigenvalue weighted by Gasteiger charge is -2.57. The largest absolute Gasteiger partial charge is 0.481 e. The zero-order chi connectivity index (χ0) is 16.4. The molecule has 1 fully saturated rings. The van der Waals surface area contributed by atoms with Gasteiger partial charge in [-0.1, -0.05) is 32.9 Å². The molecule has 0 spiro atoms. The summed E-state index contributed by atoms with van der Waals surface area (Å²) in [6.07, 6.45) is 11.3. The van der Waals surface area contributed by atoms with Crippen molar-refractivity contribution >= 4 is 5.97 Å². The van der Waals surface area contributed by atoms with E-state index in [1.165, 1.54) is 0 Å². The summed E-state index contributed by atoms with van der Waals surface area (Å²) in [7, 11) is 0. The van der Waals surface area contributed by atoms with E-state index in [1.807, 2.05) is 6.92 Å². The summed E-state index contributed by atoms with van der Waals surface area (Å²) in [5.41, 5.74) is 0.175. The van der Waals surface area contributed by atoms with Gasteiger partial charge >= 0.3 is 5.97 Å². The van der Waals surface area contributed by atoms with Crippen LogP contribution in [0.25, 0.3) is 0 Å². The number of allylic oxidation sites excluding steroid dienone is 1. The van der Waals surface area contributed by atoms with Crippen LogP contribution in [0.1, 0.15) is 65.7 Å². The van der Waals surface area contributed by atoms with Crippen LogP contribution in [0.5, 0.6) is 0 Å². The van der Waals surface area contributed by atoms with Gasteiger partial charge in [0.25, 0.3) is 0 Å². The molecule has 1 saturated carbocycles. The molecule has 0 saturated heterocycles. The van der Waals surface area contributed by atoms with Gasteiger partial charge in [-0.3, -0.25) is 4.79 Å². The number of carboxylic acids is 1.